The van der Waals surface area contributed by atoms with Crippen LogP contribution in [0.5, 0.6) is 0 Å². The van der Waals surface area contributed by atoms with Gasteiger partial charge in [-0.05, 0) is 71.3 Å². The van der Waals surface area contributed by atoms with Crippen LogP contribution in [0.4, 0.5) is 17.2 Å². The molecule has 1 aromatic heterocycles. The zero-order valence-corrected chi connectivity index (χ0v) is 24.1. The van der Waals surface area contributed by atoms with Gasteiger partial charge in [-0.15, -0.1) is 0 Å². The molecule has 0 bridgehead atoms. The number of nitrogens with zero attached hydrogens (tertiary/aromatic N) is 4. The van der Waals surface area contributed by atoms with Crippen LogP contribution in [-0.4, -0.2) is 42.0 Å². The monoisotopic (exact) mass is 543 g/mol. The molecular formula is C35H37N5O. The zero-order valence-electron chi connectivity index (χ0n) is 24.1. The summed E-state index contributed by atoms with van der Waals surface area (Å²) < 4.78 is 0. The topological polar surface area (TPSA) is 52.8 Å². The molecule has 0 atom stereocenters. The van der Waals surface area contributed by atoms with E-state index >= 15 is 0 Å². The Labute approximate surface area is 243 Å². The summed E-state index contributed by atoms with van der Waals surface area (Å²) in [5.74, 6) is 1.43. The fraction of sp³-hybridized carbons (Fsp3) is 0.286. The highest BCUT2D eigenvalue weighted by Gasteiger charge is 2.18. The molecular weight excluding hydrogens is 506 g/mol. The number of hydrogen-bond donors (Lipinski definition) is 1. The number of carbonyl (C=O) groups excluding carboxylic acids is 1. The van der Waals surface area contributed by atoms with Crippen LogP contribution in [0.3, 0.4) is 0 Å². The zero-order chi connectivity index (χ0) is 28.8. The van der Waals surface area contributed by atoms with E-state index in [1.54, 1.807) is 18.3 Å². The van der Waals surface area contributed by atoms with E-state index in [1.165, 1.54) is 11.1 Å². The normalized spacial score (nSPS) is 13.7. The van der Waals surface area contributed by atoms with Crippen LogP contribution in [0.15, 0.2) is 85.1 Å². The van der Waals surface area contributed by atoms with Crippen molar-refractivity contribution in [3.05, 3.63) is 119 Å². The van der Waals surface area contributed by atoms with E-state index < -0.39 is 0 Å². The van der Waals surface area contributed by atoms with E-state index in [0.29, 0.717) is 22.9 Å². The molecule has 4 aromatic rings. The highest BCUT2D eigenvalue weighted by atomic mass is 16.1. The number of rotatable bonds is 8. The molecule has 1 N–H and O–H groups in total. The maximum Gasteiger partial charge on any atom is 0.255 e. The number of benzene rings is 3. The number of aryl methyl sites for hydroxylation is 1. The molecule has 0 radical (unpaired) electrons. The highest BCUT2D eigenvalue weighted by Crippen LogP contribution is 2.27. The van der Waals surface area contributed by atoms with Gasteiger partial charge in [0.25, 0.3) is 5.91 Å². The molecule has 2 heterocycles. The Bertz CT molecular complexity index is 1510. The summed E-state index contributed by atoms with van der Waals surface area (Å²) in [7, 11) is 0. The molecule has 0 aliphatic carbocycles. The van der Waals surface area contributed by atoms with Gasteiger partial charge in [0.05, 0.1) is 18.5 Å². The van der Waals surface area contributed by atoms with E-state index in [9.17, 15) is 4.79 Å². The van der Waals surface area contributed by atoms with Crippen LogP contribution in [0.1, 0.15) is 40.9 Å². The molecule has 1 fully saturated rings. The molecule has 0 saturated carbocycles. The summed E-state index contributed by atoms with van der Waals surface area (Å²) in [5, 5.41) is 2.99. The molecule has 6 nitrogen and oxygen atoms in total. The summed E-state index contributed by atoms with van der Waals surface area (Å²) >= 11 is 0. The third-order valence-corrected chi connectivity index (χ3v) is 7.58. The summed E-state index contributed by atoms with van der Waals surface area (Å²) in [5.41, 5.74) is 7.65. The molecule has 1 amide bonds. The Hall–Kier alpha value is -4.47. The van der Waals surface area contributed by atoms with Crippen LogP contribution >= 0.6 is 0 Å². The number of amides is 1. The predicted octanol–water partition coefficient (Wildman–Crippen LogP) is 7.38. The van der Waals surface area contributed by atoms with E-state index in [0.717, 1.165) is 61.7 Å². The lowest BCUT2D eigenvalue weighted by Gasteiger charge is -2.35. The van der Waals surface area contributed by atoms with E-state index in [4.69, 9.17) is 6.57 Å². The van der Waals surface area contributed by atoms with Crippen LogP contribution in [0, 0.1) is 19.4 Å². The van der Waals surface area contributed by atoms with Gasteiger partial charge in [-0.2, -0.15) is 0 Å². The summed E-state index contributed by atoms with van der Waals surface area (Å²) in [6, 6.07) is 26.1. The van der Waals surface area contributed by atoms with Gasteiger partial charge in [-0.1, -0.05) is 68.4 Å². The van der Waals surface area contributed by atoms with Crippen molar-refractivity contribution < 1.29 is 4.79 Å². The number of hydrogen-bond acceptors (Lipinski definition) is 4. The van der Waals surface area contributed by atoms with Gasteiger partial charge in [0, 0.05) is 38.3 Å². The smallest absolute Gasteiger partial charge is 0.255 e. The van der Waals surface area contributed by atoms with Crippen molar-refractivity contribution >= 4 is 23.1 Å². The molecule has 208 valence electrons. The van der Waals surface area contributed by atoms with Gasteiger partial charge in [0.2, 0.25) is 0 Å². The van der Waals surface area contributed by atoms with Crippen molar-refractivity contribution in [3.63, 3.8) is 0 Å². The van der Waals surface area contributed by atoms with Crippen molar-refractivity contribution in [3.8, 4) is 11.1 Å². The van der Waals surface area contributed by atoms with Gasteiger partial charge < -0.3 is 10.2 Å². The minimum absolute atomic E-state index is 0.176. The SMILES string of the molecule is [C-]#[N+]c1ccc(-c2cc(C(=O)Nc3ccc(N4CCN(Cc5ccc(CC(C)C)cc5)CC4)nc3)ccc2C)cc1. The third-order valence-electron chi connectivity index (χ3n) is 7.58. The van der Waals surface area contributed by atoms with Crippen LogP contribution in [-0.2, 0) is 13.0 Å². The Morgan fingerprint density at radius 2 is 1.63 bits per heavy atom. The molecule has 0 spiro atoms. The van der Waals surface area contributed by atoms with Crippen molar-refractivity contribution in [2.75, 3.05) is 36.4 Å². The first-order valence-electron chi connectivity index (χ1n) is 14.3. The van der Waals surface area contributed by atoms with Gasteiger partial charge in [0.1, 0.15) is 5.82 Å². The quantitative estimate of drug-likeness (QED) is 0.236. The minimum atomic E-state index is -0.176. The van der Waals surface area contributed by atoms with E-state index in [-0.39, 0.29) is 5.91 Å². The van der Waals surface area contributed by atoms with Gasteiger partial charge in [-0.25, -0.2) is 9.83 Å². The van der Waals surface area contributed by atoms with E-state index in [1.807, 2.05) is 49.4 Å². The average Bonchev–Trinajstić information content (AvgIpc) is 2.99. The second kappa shape index (κ2) is 12.8. The predicted molar refractivity (Wildman–Crippen MR) is 168 cm³/mol. The maximum atomic E-state index is 13.1. The summed E-state index contributed by atoms with van der Waals surface area (Å²) in [4.78, 5) is 26.0. The van der Waals surface area contributed by atoms with Crippen molar-refractivity contribution in [2.24, 2.45) is 5.92 Å². The molecule has 1 aliphatic rings. The molecule has 1 aliphatic heterocycles. The number of pyridine rings is 1. The van der Waals surface area contributed by atoms with Crippen molar-refractivity contribution in [1.29, 1.82) is 0 Å². The summed E-state index contributed by atoms with van der Waals surface area (Å²) in [6.45, 7) is 18.5. The third kappa shape index (κ3) is 7.19. The van der Waals surface area contributed by atoms with Gasteiger partial charge in [0.15, 0.2) is 5.69 Å². The average molecular weight is 544 g/mol. The maximum absolute atomic E-state index is 13.1. The second-order valence-electron chi connectivity index (χ2n) is 11.2. The van der Waals surface area contributed by atoms with Gasteiger partial charge >= 0.3 is 0 Å². The van der Waals surface area contributed by atoms with Crippen molar-refractivity contribution in [1.82, 2.24) is 9.88 Å². The number of anilines is 2. The lowest BCUT2D eigenvalue weighted by Crippen LogP contribution is -2.46. The van der Waals surface area contributed by atoms with E-state index in [2.05, 4.69) is 63.1 Å². The number of piperazine rings is 1. The number of carbonyl (C=O) groups is 1. The first-order chi connectivity index (χ1) is 19.9. The largest absolute Gasteiger partial charge is 0.354 e. The molecule has 41 heavy (non-hydrogen) atoms. The minimum Gasteiger partial charge on any atom is -0.354 e. The Morgan fingerprint density at radius 1 is 0.927 bits per heavy atom. The first-order valence-corrected chi connectivity index (χ1v) is 14.3. The fourth-order valence-electron chi connectivity index (χ4n) is 5.29. The lowest BCUT2D eigenvalue weighted by atomic mass is 9.97. The standard InChI is InChI=1S/C35H37N5O/c1-25(2)21-27-6-8-28(9-7-27)24-39-17-19-40(20-18-39)34-16-15-32(23-37-34)38-35(41)30-10-5-26(3)33(22-30)29-11-13-31(36-4)14-12-29/h5-16,22-23,25H,17-21,24H2,1-3H3,(H,38,41). The Kier molecular flexibility index (Phi) is 8.76. The Morgan fingerprint density at radius 3 is 2.27 bits per heavy atom. The molecule has 5 rings (SSSR count). The Balaban J connectivity index is 1.15. The number of nitrogens with one attached hydrogen (secondary N) is 1. The fourth-order valence-corrected chi connectivity index (χ4v) is 5.29. The van der Waals surface area contributed by atoms with Crippen molar-refractivity contribution in [2.45, 2.75) is 33.7 Å². The lowest BCUT2D eigenvalue weighted by molar-refractivity contribution is 0.102. The van der Waals surface area contributed by atoms with Crippen LogP contribution < -0.4 is 10.2 Å². The molecule has 0 unspecified atom stereocenters. The van der Waals surface area contributed by atoms with Crippen LogP contribution in [0.2, 0.25) is 0 Å². The second-order valence-corrected chi connectivity index (χ2v) is 11.2. The van der Waals surface area contributed by atoms with Gasteiger partial charge in [-0.3, -0.25) is 9.69 Å². The van der Waals surface area contributed by atoms with Crippen LogP contribution in [0.25, 0.3) is 16.0 Å². The molecule has 3 aromatic carbocycles. The summed E-state index contributed by atoms with van der Waals surface area (Å²) in [6.07, 6.45) is 2.86. The first kappa shape index (κ1) is 28.1. The molecule has 6 heteroatoms. The highest BCUT2D eigenvalue weighted by molar-refractivity contribution is 6.05. The number of aromatic nitrogens is 1. The molecule has 1 saturated heterocycles.